The molecule has 1 heterocycles. The minimum Gasteiger partial charge on any atom is -0.350 e. The Morgan fingerprint density at radius 3 is 2.46 bits per heavy atom. The largest absolute Gasteiger partial charge is 0.350 e. The van der Waals surface area contributed by atoms with Crippen LogP contribution in [0.15, 0.2) is 53.6 Å². The minimum atomic E-state index is -3.46. The predicted molar refractivity (Wildman–Crippen MR) is 99.3 cm³/mol. The van der Waals surface area contributed by atoms with Gasteiger partial charge in [-0.25, -0.2) is 13.1 Å². The van der Waals surface area contributed by atoms with E-state index in [9.17, 15) is 13.2 Å². The van der Waals surface area contributed by atoms with Gasteiger partial charge in [-0.1, -0.05) is 31.0 Å². The van der Waals surface area contributed by atoms with Crippen molar-refractivity contribution in [3.63, 3.8) is 0 Å². The number of hydrogen-bond donors (Lipinski definition) is 2. The van der Waals surface area contributed by atoms with Crippen molar-refractivity contribution in [2.45, 2.75) is 43.0 Å². The summed E-state index contributed by atoms with van der Waals surface area (Å²) in [6, 6.07) is 12.1. The number of amides is 1. The number of carbonyl (C=O) groups excluding carboxylic acids is 1. The summed E-state index contributed by atoms with van der Waals surface area (Å²) < 4.78 is 27.5. The van der Waals surface area contributed by atoms with Gasteiger partial charge in [0.25, 0.3) is 5.91 Å². The molecule has 3 rings (SSSR count). The number of nitrogens with zero attached hydrogens (tertiary/aromatic N) is 1. The molecule has 0 radical (unpaired) electrons. The third-order valence-corrected chi connectivity index (χ3v) is 6.04. The Kier molecular flexibility index (Phi) is 6.00. The molecule has 1 aromatic heterocycles. The van der Waals surface area contributed by atoms with Gasteiger partial charge in [-0.05, 0) is 49.1 Å². The molecule has 1 saturated carbocycles. The zero-order valence-corrected chi connectivity index (χ0v) is 15.3. The van der Waals surface area contributed by atoms with Gasteiger partial charge in [-0.15, -0.1) is 0 Å². The molecule has 26 heavy (non-hydrogen) atoms. The highest BCUT2D eigenvalue weighted by atomic mass is 32.2. The monoisotopic (exact) mass is 373 g/mol. The summed E-state index contributed by atoms with van der Waals surface area (Å²) >= 11 is 0. The SMILES string of the molecule is O=C(NCCc1ccc(S(=O)(=O)NC2CCCC2)cc1)c1ccccn1. The Morgan fingerprint density at radius 1 is 1.08 bits per heavy atom. The Balaban J connectivity index is 1.52. The third kappa shape index (κ3) is 4.89. The molecule has 0 spiro atoms. The van der Waals surface area contributed by atoms with Crippen LogP contribution in [-0.2, 0) is 16.4 Å². The van der Waals surface area contributed by atoms with E-state index in [-0.39, 0.29) is 16.8 Å². The van der Waals surface area contributed by atoms with Crippen LogP contribution in [-0.4, -0.2) is 31.9 Å². The topological polar surface area (TPSA) is 88.2 Å². The number of benzene rings is 1. The van der Waals surface area contributed by atoms with E-state index in [0.29, 0.717) is 18.7 Å². The summed E-state index contributed by atoms with van der Waals surface area (Å²) in [5, 5.41) is 2.81. The first-order chi connectivity index (χ1) is 12.5. The highest BCUT2D eigenvalue weighted by molar-refractivity contribution is 7.89. The second-order valence-corrected chi connectivity index (χ2v) is 8.18. The Labute approximate surface area is 154 Å². The van der Waals surface area contributed by atoms with Crippen LogP contribution in [0, 0.1) is 0 Å². The minimum absolute atomic E-state index is 0.0569. The van der Waals surface area contributed by atoms with Crippen LogP contribution in [0.25, 0.3) is 0 Å². The maximum Gasteiger partial charge on any atom is 0.269 e. The van der Waals surface area contributed by atoms with E-state index < -0.39 is 10.0 Å². The van der Waals surface area contributed by atoms with E-state index in [1.165, 1.54) is 0 Å². The molecular formula is C19H23N3O3S. The van der Waals surface area contributed by atoms with Crippen LogP contribution >= 0.6 is 0 Å². The number of nitrogens with one attached hydrogen (secondary N) is 2. The van der Waals surface area contributed by atoms with Gasteiger partial charge in [0.2, 0.25) is 10.0 Å². The average molecular weight is 373 g/mol. The van der Waals surface area contributed by atoms with Gasteiger partial charge in [0, 0.05) is 18.8 Å². The van der Waals surface area contributed by atoms with E-state index in [1.807, 2.05) is 0 Å². The average Bonchev–Trinajstić information content (AvgIpc) is 3.15. The van der Waals surface area contributed by atoms with Crippen LogP contribution < -0.4 is 10.0 Å². The van der Waals surface area contributed by atoms with E-state index in [2.05, 4.69) is 15.0 Å². The number of hydrogen-bond acceptors (Lipinski definition) is 4. The fourth-order valence-corrected chi connectivity index (χ4v) is 4.38. The Bertz CT molecular complexity index is 830. The summed E-state index contributed by atoms with van der Waals surface area (Å²) in [6.45, 7) is 0.460. The van der Waals surface area contributed by atoms with Crippen LogP contribution in [0.3, 0.4) is 0 Å². The first kappa shape index (κ1) is 18.5. The summed E-state index contributed by atoms with van der Waals surface area (Å²) in [5.41, 5.74) is 1.35. The highest BCUT2D eigenvalue weighted by Gasteiger charge is 2.22. The zero-order valence-electron chi connectivity index (χ0n) is 14.5. The van der Waals surface area contributed by atoms with E-state index in [1.54, 1.807) is 48.7 Å². The highest BCUT2D eigenvalue weighted by Crippen LogP contribution is 2.20. The lowest BCUT2D eigenvalue weighted by molar-refractivity contribution is 0.0949. The first-order valence-electron chi connectivity index (χ1n) is 8.85. The number of aromatic nitrogens is 1. The molecule has 1 aliphatic rings. The lowest BCUT2D eigenvalue weighted by atomic mass is 10.1. The molecule has 0 saturated heterocycles. The Morgan fingerprint density at radius 2 is 1.81 bits per heavy atom. The Hall–Kier alpha value is -2.25. The maximum absolute atomic E-state index is 12.4. The van der Waals surface area contributed by atoms with Crippen LogP contribution in [0.5, 0.6) is 0 Å². The molecule has 1 aromatic carbocycles. The standard InChI is InChI=1S/C19H23N3O3S/c23-19(18-7-3-4-13-20-18)21-14-12-15-8-10-17(11-9-15)26(24,25)22-16-5-1-2-6-16/h3-4,7-11,13,16,22H,1-2,5-6,12,14H2,(H,21,23). The second-order valence-electron chi connectivity index (χ2n) is 6.47. The molecule has 138 valence electrons. The van der Waals surface area contributed by atoms with Crippen LogP contribution in [0.2, 0.25) is 0 Å². The van der Waals surface area contributed by atoms with Crippen molar-refractivity contribution in [1.82, 2.24) is 15.0 Å². The fraction of sp³-hybridized carbons (Fsp3) is 0.368. The summed E-state index contributed by atoms with van der Waals surface area (Å²) in [5.74, 6) is -0.217. The number of rotatable bonds is 7. The van der Waals surface area contributed by atoms with Gasteiger partial charge in [-0.2, -0.15) is 0 Å². The van der Waals surface area contributed by atoms with Crippen molar-refractivity contribution in [2.24, 2.45) is 0 Å². The molecule has 0 bridgehead atoms. The van der Waals surface area contributed by atoms with Crippen molar-refractivity contribution >= 4 is 15.9 Å². The predicted octanol–water partition coefficient (Wildman–Crippen LogP) is 2.28. The van der Waals surface area contributed by atoms with E-state index in [4.69, 9.17) is 0 Å². The lowest BCUT2D eigenvalue weighted by Crippen LogP contribution is -2.32. The number of pyridine rings is 1. The van der Waals surface area contributed by atoms with Crippen molar-refractivity contribution in [3.05, 3.63) is 59.9 Å². The molecule has 1 amide bonds. The van der Waals surface area contributed by atoms with Gasteiger partial charge < -0.3 is 5.32 Å². The molecule has 7 heteroatoms. The smallest absolute Gasteiger partial charge is 0.269 e. The number of sulfonamides is 1. The van der Waals surface area contributed by atoms with Gasteiger partial charge in [0.1, 0.15) is 5.69 Å². The quantitative estimate of drug-likeness (QED) is 0.779. The summed E-state index contributed by atoms with van der Waals surface area (Å²) in [7, 11) is -3.46. The van der Waals surface area contributed by atoms with E-state index in [0.717, 1.165) is 31.2 Å². The first-order valence-corrected chi connectivity index (χ1v) is 10.3. The van der Waals surface area contributed by atoms with Gasteiger partial charge in [0.05, 0.1) is 4.90 Å². The van der Waals surface area contributed by atoms with Crippen LogP contribution in [0.4, 0.5) is 0 Å². The van der Waals surface area contributed by atoms with Gasteiger partial charge in [0.15, 0.2) is 0 Å². The molecule has 0 atom stereocenters. The molecule has 2 aromatic rings. The van der Waals surface area contributed by atoms with E-state index >= 15 is 0 Å². The van der Waals surface area contributed by atoms with Crippen molar-refractivity contribution in [3.8, 4) is 0 Å². The van der Waals surface area contributed by atoms with Gasteiger partial charge in [-0.3, -0.25) is 9.78 Å². The van der Waals surface area contributed by atoms with Crippen molar-refractivity contribution < 1.29 is 13.2 Å². The van der Waals surface area contributed by atoms with Crippen molar-refractivity contribution in [1.29, 1.82) is 0 Å². The molecule has 0 unspecified atom stereocenters. The normalized spacial score (nSPS) is 15.1. The fourth-order valence-electron chi connectivity index (χ4n) is 3.07. The van der Waals surface area contributed by atoms with Gasteiger partial charge >= 0.3 is 0 Å². The molecule has 1 fully saturated rings. The number of carbonyl (C=O) groups is 1. The second kappa shape index (κ2) is 8.42. The molecule has 2 N–H and O–H groups in total. The third-order valence-electron chi connectivity index (χ3n) is 4.51. The molecule has 1 aliphatic carbocycles. The lowest BCUT2D eigenvalue weighted by Gasteiger charge is -2.13. The summed E-state index contributed by atoms with van der Waals surface area (Å²) in [4.78, 5) is 16.2. The molecule has 0 aliphatic heterocycles. The zero-order chi connectivity index (χ0) is 18.4. The molecular weight excluding hydrogens is 350 g/mol. The van der Waals surface area contributed by atoms with Crippen LogP contribution in [0.1, 0.15) is 41.7 Å². The molecule has 6 nitrogen and oxygen atoms in total. The summed E-state index contributed by atoms with van der Waals surface area (Å²) in [6.07, 6.45) is 6.18. The van der Waals surface area contributed by atoms with Crippen molar-refractivity contribution in [2.75, 3.05) is 6.54 Å². The maximum atomic E-state index is 12.4.